The van der Waals surface area contributed by atoms with Crippen LogP contribution in [0.5, 0.6) is 0 Å². The molecule has 0 radical (unpaired) electrons. The molecule has 0 unspecified atom stereocenters. The Balaban J connectivity index is 2.12. The molecule has 18 heavy (non-hydrogen) atoms. The van der Waals surface area contributed by atoms with Crippen molar-refractivity contribution in [2.45, 2.75) is 45.9 Å². The summed E-state index contributed by atoms with van der Waals surface area (Å²) >= 11 is 6.07. The third-order valence-corrected chi connectivity index (χ3v) is 3.00. The average molecular weight is 272 g/mol. The highest BCUT2D eigenvalue weighted by Gasteiger charge is 2.25. The highest BCUT2D eigenvalue weighted by atomic mass is 35.5. The zero-order valence-electron chi connectivity index (χ0n) is 10.9. The van der Waals surface area contributed by atoms with Crippen molar-refractivity contribution < 1.29 is 9.53 Å². The Morgan fingerprint density at radius 3 is 2.83 bits per heavy atom. The van der Waals surface area contributed by atoms with Gasteiger partial charge in [0.15, 0.2) is 0 Å². The summed E-state index contributed by atoms with van der Waals surface area (Å²) in [7, 11) is 0. The molecule has 0 fully saturated rings. The van der Waals surface area contributed by atoms with Crippen molar-refractivity contribution in [3.63, 3.8) is 0 Å². The minimum atomic E-state index is -0.479. The van der Waals surface area contributed by atoms with Crippen molar-refractivity contribution in [2.24, 2.45) is 0 Å². The number of aryl methyl sites for hydroxylation is 1. The van der Waals surface area contributed by atoms with Crippen LogP contribution in [0, 0.1) is 0 Å². The van der Waals surface area contributed by atoms with Crippen LogP contribution in [-0.4, -0.2) is 32.9 Å². The van der Waals surface area contributed by atoms with E-state index in [1.807, 2.05) is 25.5 Å². The quantitative estimate of drug-likeness (QED) is 0.729. The van der Waals surface area contributed by atoms with Gasteiger partial charge in [-0.2, -0.15) is 5.10 Å². The lowest BCUT2D eigenvalue weighted by Crippen LogP contribution is -2.36. The lowest BCUT2D eigenvalue weighted by Gasteiger charge is -2.26. The van der Waals surface area contributed by atoms with Crippen molar-refractivity contribution in [1.29, 1.82) is 0 Å². The van der Waals surface area contributed by atoms with E-state index in [1.54, 1.807) is 11.1 Å². The monoisotopic (exact) mass is 271 g/mol. The Kier molecular flexibility index (Phi) is 3.52. The van der Waals surface area contributed by atoms with Crippen molar-refractivity contribution >= 4 is 17.7 Å². The maximum absolute atomic E-state index is 12.0. The maximum Gasteiger partial charge on any atom is 0.410 e. The largest absolute Gasteiger partial charge is 0.444 e. The molecular formula is C12H18ClN3O2. The standard InChI is InChI=1S/C12H18ClN3O2/c1-12(2,3)18-11(17)15-5-4-6-16-10(8-15)9(13)7-14-16/h7H,4-6,8H2,1-3H3. The second-order valence-corrected chi connectivity index (χ2v) is 5.82. The van der Waals surface area contributed by atoms with Gasteiger partial charge in [-0.25, -0.2) is 4.79 Å². The van der Waals surface area contributed by atoms with Gasteiger partial charge in [-0.3, -0.25) is 4.68 Å². The summed E-state index contributed by atoms with van der Waals surface area (Å²) in [5, 5.41) is 4.79. The van der Waals surface area contributed by atoms with Crippen molar-refractivity contribution in [1.82, 2.24) is 14.7 Å². The van der Waals surface area contributed by atoms with Crippen molar-refractivity contribution in [3.05, 3.63) is 16.9 Å². The third kappa shape index (κ3) is 2.96. The van der Waals surface area contributed by atoms with Crippen molar-refractivity contribution in [2.75, 3.05) is 6.54 Å². The first-order chi connectivity index (χ1) is 8.37. The summed E-state index contributed by atoms with van der Waals surface area (Å²) in [6.07, 6.45) is 2.17. The molecule has 6 heteroatoms. The first-order valence-electron chi connectivity index (χ1n) is 6.05. The Morgan fingerprint density at radius 1 is 1.44 bits per heavy atom. The SMILES string of the molecule is CC(C)(C)OC(=O)N1CCCn2ncc(Cl)c2C1. The van der Waals surface area contributed by atoms with E-state index in [0.29, 0.717) is 18.1 Å². The molecule has 100 valence electrons. The molecule has 0 N–H and O–H groups in total. The van der Waals surface area contributed by atoms with Crippen LogP contribution in [0.1, 0.15) is 32.9 Å². The minimum Gasteiger partial charge on any atom is -0.444 e. The number of fused-ring (bicyclic) bond motifs is 1. The van der Waals surface area contributed by atoms with E-state index in [9.17, 15) is 4.79 Å². The maximum atomic E-state index is 12.0. The fourth-order valence-corrected chi connectivity index (χ4v) is 2.09. The number of hydrogen-bond acceptors (Lipinski definition) is 3. The summed E-state index contributed by atoms with van der Waals surface area (Å²) < 4.78 is 7.23. The molecule has 0 aliphatic carbocycles. The topological polar surface area (TPSA) is 47.4 Å². The minimum absolute atomic E-state index is 0.298. The number of rotatable bonds is 0. The van der Waals surface area contributed by atoms with E-state index in [1.165, 1.54) is 0 Å². The van der Waals surface area contributed by atoms with Gasteiger partial charge in [0, 0.05) is 13.1 Å². The van der Waals surface area contributed by atoms with Crippen LogP contribution in [0.4, 0.5) is 4.79 Å². The molecule has 2 heterocycles. The van der Waals surface area contributed by atoms with E-state index < -0.39 is 5.60 Å². The summed E-state index contributed by atoms with van der Waals surface area (Å²) in [6, 6.07) is 0. The second-order valence-electron chi connectivity index (χ2n) is 5.42. The number of carbonyl (C=O) groups excluding carboxylic acids is 1. The van der Waals surface area contributed by atoms with Crippen LogP contribution < -0.4 is 0 Å². The Bertz CT molecular complexity index is 451. The second kappa shape index (κ2) is 4.80. The number of halogens is 1. The summed E-state index contributed by atoms with van der Waals surface area (Å²) in [6.45, 7) is 7.48. The number of hydrogen-bond donors (Lipinski definition) is 0. The van der Waals surface area contributed by atoms with Crippen LogP contribution in [0.3, 0.4) is 0 Å². The normalized spacial score (nSPS) is 16.1. The number of carbonyl (C=O) groups is 1. The Hall–Kier alpha value is -1.23. The predicted molar refractivity (Wildman–Crippen MR) is 68.5 cm³/mol. The van der Waals surface area contributed by atoms with Gasteiger partial charge in [0.25, 0.3) is 0 Å². The van der Waals surface area contributed by atoms with E-state index in [-0.39, 0.29) is 6.09 Å². The van der Waals surface area contributed by atoms with Gasteiger partial charge in [-0.05, 0) is 27.2 Å². The van der Waals surface area contributed by atoms with Gasteiger partial charge in [0.2, 0.25) is 0 Å². The molecule has 2 rings (SSSR count). The molecule has 1 amide bonds. The molecule has 0 spiro atoms. The first kappa shape index (κ1) is 13.2. The van der Waals surface area contributed by atoms with Crippen LogP contribution in [0.15, 0.2) is 6.20 Å². The van der Waals surface area contributed by atoms with E-state index >= 15 is 0 Å². The molecule has 0 aromatic carbocycles. The zero-order valence-corrected chi connectivity index (χ0v) is 11.7. The lowest BCUT2D eigenvalue weighted by molar-refractivity contribution is 0.0236. The third-order valence-electron chi connectivity index (χ3n) is 2.69. The van der Waals surface area contributed by atoms with Crippen LogP contribution in [-0.2, 0) is 17.8 Å². The molecule has 0 bridgehead atoms. The zero-order chi connectivity index (χ0) is 13.3. The van der Waals surface area contributed by atoms with Gasteiger partial charge in [0.05, 0.1) is 23.5 Å². The summed E-state index contributed by atoms with van der Waals surface area (Å²) in [4.78, 5) is 13.7. The predicted octanol–water partition coefficient (Wildman–Crippen LogP) is 2.68. The first-order valence-corrected chi connectivity index (χ1v) is 6.43. The molecule has 1 aliphatic heterocycles. The number of ether oxygens (including phenoxy) is 1. The molecule has 0 saturated heterocycles. The number of nitrogens with zero attached hydrogens (tertiary/aromatic N) is 3. The summed E-state index contributed by atoms with van der Waals surface area (Å²) in [5.74, 6) is 0. The van der Waals surface area contributed by atoms with Crippen LogP contribution in [0.2, 0.25) is 5.02 Å². The fraction of sp³-hybridized carbons (Fsp3) is 0.667. The smallest absolute Gasteiger partial charge is 0.410 e. The Labute approximate surface area is 112 Å². The highest BCUT2D eigenvalue weighted by Crippen LogP contribution is 2.21. The Morgan fingerprint density at radius 2 is 2.17 bits per heavy atom. The molecule has 0 saturated carbocycles. The summed E-state index contributed by atoms with van der Waals surface area (Å²) in [5.41, 5.74) is 0.396. The van der Waals surface area contributed by atoms with Gasteiger partial charge in [-0.1, -0.05) is 11.6 Å². The average Bonchev–Trinajstić information content (AvgIpc) is 2.49. The van der Waals surface area contributed by atoms with E-state index in [4.69, 9.17) is 16.3 Å². The molecule has 1 aromatic heterocycles. The lowest BCUT2D eigenvalue weighted by atomic mass is 10.2. The molecular weight excluding hydrogens is 254 g/mol. The number of aromatic nitrogens is 2. The molecule has 5 nitrogen and oxygen atoms in total. The molecule has 1 aliphatic rings. The van der Waals surface area contributed by atoms with Gasteiger partial charge in [-0.15, -0.1) is 0 Å². The van der Waals surface area contributed by atoms with Crippen molar-refractivity contribution in [3.8, 4) is 0 Å². The van der Waals surface area contributed by atoms with E-state index in [0.717, 1.165) is 18.7 Å². The van der Waals surface area contributed by atoms with Gasteiger partial charge < -0.3 is 9.64 Å². The number of amides is 1. The molecule has 0 atom stereocenters. The fourth-order valence-electron chi connectivity index (χ4n) is 1.89. The van der Waals surface area contributed by atoms with Crippen LogP contribution >= 0.6 is 11.6 Å². The highest BCUT2D eigenvalue weighted by molar-refractivity contribution is 6.31. The van der Waals surface area contributed by atoms with Crippen LogP contribution in [0.25, 0.3) is 0 Å². The van der Waals surface area contributed by atoms with E-state index in [2.05, 4.69) is 5.10 Å². The van der Waals surface area contributed by atoms with Gasteiger partial charge in [0.1, 0.15) is 5.60 Å². The molecule has 1 aromatic rings. The van der Waals surface area contributed by atoms with Gasteiger partial charge >= 0.3 is 6.09 Å².